The fraction of sp³-hybridized carbons (Fsp3) is 0.353. The molecule has 0 bridgehead atoms. The number of carbonyl (C=O) groups is 1. The average Bonchev–Trinajstić information content (AvgIpc) is 3.32. The second kappa shape index (κ2) is 7.83. The van der Waals surface area contributed by atoms with Gasteiger partial charge in [0, 0.05) is 30.1 Å². The predicted molar refractivity (Wildman–Crippen MR) is 98.8 cm³/mol. The Morgan fingerprint density at radius 1 is 1.25 bits per heavy atom. The Bertz CT molecular complexity index is 808. The first kappa shape index (κ1) is 17.0. The molecule has 0 radical (unpaired) electrons. The number of thiazole rings is 1. The van der Waals surface area contributed by atoms with Crippen LogP contribution in [0.2, 0.25) is 0 Å². The minimum atomic E-state index is 0.0714. The van der Waals surface area contributed by atoms with Gasteiger partial charge in [0.15, 0.2) is 0 Å². The van der Waals surface area contributed by atoms with Gasteiger partial charge in [0.25, 0.3) is 5.91 Å². The van der Waals surface area contributed by atoms with Crippen LogP contribution in [0.4, 0.5) is 0 Å². The van der Waals surface area contributed by atoms with E-state index in [1.165, 1.54) is 11.3 Å². The zero-order valence-electron chi connectivity index (χ0n) is 13.7. The SMILES string of the molecule is CC.O=C(c1cc2ccc(-c3nccs3)nc2s1)N1CCOCC1. The molecule has 0 saturated carbocycles. The number of carbonyl (C=O) groups excluding carboxylic acids is 1. The lowest BCUT2D eigenvalue weighted by molar-refractivity contribution is 0.0306. The lowest BCUT2D eigenvalue weighted by atomic mass is 10.2. The van der Waals surface area contributed by atoms with Crippen molar-refractivity contribution in [3.8, 4) is 10.7 Å². The quantitative estimate of drug-likeness (QED) is 0.694. The number of ether oxygens (including phenoxy) is 1. The molecule has 126 valence electrons. The number of fused-ring (bicyclic) bond motifs is 1. The third kappa shape index (κ3) is 3.48. The van der Waals surface area contributed by atoms with Gasteiger partial charge in [0.05, 0.1) is 18.1 Å². The van der Waals surface area contributed by atoms with Gasteiger partial charge in [-0.3, -0.25) is 4.79 Å². The number of amides is 1. The van der Waals surface area contributed by atoms with Gasteiger partial charge in [-0.25, -0.2) is 9.97 Å². The minimum Gasteiger partial charge on any atom is -0.378 e. The maximum atomic E-state index is 12.5. The standard InChI is InChI=1S/C15H13N3O2S2.C2H6/c19-15(18-4-6-20-7-5-18)12-9-10-1-2-11(17-13(10)22-12)14-16-3-8-21-14;1-2/h1-3,8-9H,4-7H2;1-2H3. The summed E-state index contributed by atoms with van der Waals surface area (Å²) in [6.07, 6.45) is 1.77. The molecule has 24 heavy (non-hydrogen) atoms. The highest BCUT2D eigenvalue weighted by molar-refractivity contribution is 7.20. The van der Waals surface area contributed by atoms with E-state index in [-0.39, 0.29) is 5.91 Å². The molecule has 4 rings (SSSR count). The Morgan fingerprint density at radius 3 is 2.75 bits per heavy atom. The number of hydrogen-bond donors (Lipinski definition) is 0. The van der Waals surface area contributed by atoms with Crippen LogP contribution >= 0.6 is 22.7 Å². The maximum absolute atomic E-state index is 12.5. The minimum absolute atomic E-state index is 0.0714. The van der Waals surface area contributed by atoms with Crippen LogP contribution in [-0.4, -0.2) is 47.1 Å². The molecule has 1 amide bonds. The molecule has 0 atom stereocenters. The van der Waals surface area contributed by atoms with Crippen LogP contribution in [0.25, 0.3) is 20.9 Å². The zero-order chi connectivity index (χ0) is 16.9. The van der Waals surface area contributed by atoms with Crippen LogP contribution in [0, 0.1) is 0 Å². The summed E-state index contributed by atoms with van der Waals surface area (Å²) < 4.78 is 5.29. The van der Waals surface area contributed by atoms with E-state index in [0.717, 1.165) is 25.8 Å². The lowest BCUT2D eigenvalue weighted by Gasteiger charge is -2.26. The van der Waals surface area contributed by atoms with E-state index in [1.807, 2.05) is 42.3 Å². The largest absolute Gasteiger partial charge is 0.378 e. The normalized spacial score (nSPS) is 14.3. The topological polar surface area (TPSA) is 55.3 Å². The summed E-state index contributed by atoms with van der Waals surface area (Å²) in [6.45, 7) is 6.54. The number of morpholine rings is 1. The highest BCUT2D eigenvalue weighted by Gasteiger charge is 2.20. The third-order valence-corrected chi connectivity index (χ3v) is 5.37. The summed E-state index contributed by atoms with van der Waals surface area (Å²) in [6, 6.07) is 5.89. The molecule has 3 aromatic rings. The number of pyridine rings is 1. The van der Waals surface area contributed by atoms with Gasteiger partial charge in [-0.15, -0.1) is 22.7 Å². The number of hydrogen-bond acceptors (Lipinski definition) is 6. The summed E-state index contributed by atoms with van der Waals surface area (Å²) in [5.74, 6) is 0.0714. The third-order valence-electron chi connectivity index (χ3n) is 3.54. The molecule has 0 aromatic carbocycles. The van der Waals surface area contributed by atoms with Gasteiger partial charge in [0.2, 0.25) is 0 Å². The van der Waals surface area contributed by atoms with Gasteiger partial charge in [-0.05, 0) is 18.2 Å². The molecule has 1 aliphatic rings. The molecule has 3 aromatic heterocycles. The first-order chi connectivity index (χ1) is 11.8. The number of rotatable bonds is 2. The molecule has 0 aliphatic carbocycles. The Hall–Kier alpha value is -1.83. The molecule has 0 spiro atoms. The van der Waals surface area contributed by atoms with E-state index in [0.29, 0.717) is 26.3 Å². The number of thiophene rings is 1. The Kier molecular flexibility index (Phi) is 5.55. The Labute approximate surface area is 148 Å². The van der Waals surface area contributed by atoms with Crippen LogP contribution in [0.5, 0.6) is 0 Å². The van der Waals surface area contributed by atoms with Crippen molar-refractivity contribution >= 4 is 38.8 Å². The van der Waals surface area contributed by atoms with Crippen LogP contribution in [0.3, 0.4) is 0 Å². The smallest absolute Gasteiger partial charge is 0.264 e. The van der Waals surface area contributed by atoms with E-state index >= 15 is 0 Å². The van der Waals surface area contributed by atoms with Gasteiger partial charge < -0.3 is 9.64 Å². The molecule has 4 heterocycles. The van der Waals surface area contributed by atoms with Crippen LogP contribution in [-0.2, 0) is 4.74 Å². The van der Waals surface area contributed by atoms with E-state index < -0.39 is 0 Å². The monoisotopic (exact) mass is 361 g/mol. The fourth-order valence-electron chi connectivity index (χ4n) is 2.41. The van der Waals surface area contributed by atoms with Gasteiger partial charge in [-0.1, -0.05) is 13.8 Å². The molecule has 0 N–H and O–H groups in total. The predicted octanol–water partition coefficient (Wildman–Crippen LogP) is 3.92. The van der Waals surface area contributed by atoms with E-state index in [9.17, 15) is 4.79 Å². The summed E-state index contributed by atoms with van der Waals surface area (Å²) in [4.78, 5) is 24.9. The maximum Gasteiger partial charge on any atom is 0.264 e. The Balaban J connectivity index is 0.000000815. The summed E-state index contributed by atoms with van der Waals surface area (Å²) >= 11 is 3.01. The van der Waals surface area contributed by atoms with E-state index in [2.05, 4.69) is 9.97 Å². The van der Waals surface area contributed by atoms with Crippen molar-refractivity contribution in [3.05, 3.63) is 34.7 Å². The van der Waals surface area contributed by atoms with Crippen molar-refractivity contribution in [3.63, 3.8) is 0 Å². The van der Waals surface area contributed by atoms with Crippen LogP contribution in [0.15, 0.2) is 29.8 Å². The Morgan fingerprint density at radius 2 is 2.04 bits per heavy atom. The van der Waals surface area contributed by atoms with Gasteiger partial charge in [0.1, 0.15) is 15.5 Å². The fourth-order valence-corrected chi connectivity index (χ4v) is 4.02. The highest BCUT2D eigenvalue weighted by Crippen LogP contribution is 2.29. The van der Waals surface area contributed by atoms with Crippen molar-refractivity contribution in [2.45, 2.75) is 13.8 Å². The summed E-state index contributed by atoms with van der Waals surface area (Å²) in [5.41, 5.74) is 0.856. The number of nitrogens with zero attached hydrogens (tertiary/aromatic N) is 3. The highest BCUT2D eigenvalue weighted by atomic mass is 32.1. The van der Waals surface area contributed by atoms with E-state index in [4.69, 9.17) is 4.74 Å². The first-order valence-electron chi connectivity index (χ1n) is 7.99. The molecule has 0 unspecified atom stereocenters. The lowest BCUT2D eigenvalue weighted by Crippen LogP contribution is -2.40. The van der Waals surface area contributed by atoms with Crippen molar-refractivity contribution in [2.24, 2.45) is 0 Å². The molecule has 1 fully saturated rings. The molecule has 5 nitrogen and oxygen atoms in total. The molecule has 1 aliphatic heterocycles. The molecular formula is C17H19N3O2S2. The summed E-state index contributed by atoms with van der Waals surface area (Å²) in [7, 11) is 0. The van der Waals surface area contributed by atoms with E-state index in [1.54, 1.807) is 17.5 Å². The van der Waals surface area contributed by atoms with Crippen molar-refractivity contribution in [2.75, 3.05) is 26.3 Å². The van der Waals surface area contributed by atoms with Gasteiger partial charge in [-0.2, -0.15) is 0 Å². The second-order valence-electron chi connectivity index (χ2n) is 4.94. The average molecular weight is 361 g/mol. The second-order valence-corrected chi connectivity index (χ2v) is 6.87. The first-order valence-corrected chi connectivity index (χ1v) is 9.68. The molecule has 7 heteroatoms. The van der Waals surface area contributed by atoms with Crippen LogP contribution in [0.1, 0.15) is 23.5 Å². The zero-order valence-corrected chi connectivity index (χ0v) is 15.3. The van der Waals surface area contributed by atoms with Crippen LogP contribution < -0.4 is 0 Å². The number of aromatic nitrogens is 2. The molecule has 1 saturated heterocycles. The summed E-state index contributed by atoms with van der Waals surface area (Å²) in [5, 5.41) is 3.83. The van der Waals surface area contributed by atoms with Crippen molar-refractivity contribution in [1.82, 2.24) is 14.9 Å². The van der Waals surface area contributed by atoms with Crippen molar-refractivity contribution in [1.29, 1.82) is 0 Å². The van der Waals surface area contributed by atoms with Crippen molar-refractivity contribution < 1.29 is 9.53 Å². The van der Waals surface area contributed by atoms with Gasteiger partial charge >= 0.3 is 0 Å². The molecular weight excluding hydrogens is 342 g/mol.